The van der Waals surface area contributed by atoms with Gasteiger partial charge in [0.1, 0.15) is 0 Å². The first-order valence-corrected chi connectivity index (χ1v) is 6.27. The Bertz CT molecular complexity index is 279. The minimum Gasteiger partial charge on any atom is -0.359 e. The summed E-state index contributed by atoms with van der Waals surface area (Å²) in [5.41, 5.74) is 0. The van der Waals surface area contributed by atoms with Crippen LogP contribution in [0.15, 0.2) is 0 Å². The topological polar surface area (TPSA) is 61.4 Å². The molecular weight excluding hydrogens is 218 g/mol. The number of amides is 2. The van der Waals surface area contributed by atoms with E-state index in [-0.39, 0.29) is 17.7 Å². The molecule has 0 radical (unpaired) electrons. The second-order valence-electron chi connectivity index (χ2n) is 4.83. The molecule has 5 nitrogen and oxygen atoms in total. The maximum atomic E-state index is 11.9. The first-order chi connectivity index (χ1) is 8.04. The van der Waals surface area contributed by atoms with Gasteiger partial charge >= 0.3 is 0 Å². The fourth-order valence-electron chi connectivity index (χ4n) is 2.03. The summed E-state index contributed by atoms with van der Waals surface area (Å²) in [6.45, 7) is 5.70. The lowest BCUT2D eigenvalue weighted by Crippen LogP contribution is -2.48. The van der Waals surface area contributed by atoms with Crippen LogP contribution in [0, 0.1) is 5.92 Å². The highest BCUT2D eigenvalue weighted by molar-refractivity contribution is 5.82. The maximum Gasteiger partial charge on any atom is 0.236 e. The zero-order valence-electron chi connectivity index (χ0n) is 11.0. The molecule has 1 rings (SSSR count). The molecule has 2 N–H and O–H groups in total. The molecule has 0 bridgehead atoms. The van der Waals surface area contributed by atoms with Gasteiger partial charge in [0.05, 0.1) is 12.5 Å². The van der Waals surface area contributed by atoms with Gasteiger partial charge in [-0.15, -0.1) is 0 Å². The van der Waals surface area contributed by atoms with Crippen molar-refractivity contribution >= 4 is 11.8 Å². The lowest BCUT2D eigenvalue weighted by Gasteiger charge is -2.32. The molecule has 1 fully saturated rings. The molecule has 0 aliphatic carbocycles. The Labute approximate surface area is 103 Å². The van der Waals surface area contributed by atoms with Gasteiger partial charge in [-0.25, -0.2) is 0 Å². The van der Waals surface area contributed by atoms with Crippen LogP contribution >= 0.6 is 0 Å². The zero-order chi connectivity index (χ0) is 12.8. The Kier molecular flexibility index (Phi) is 5.41. The summed E-state index contributed by atoms with van der Waals surface area (Å²) in [4.78, 5) is 25.2. The number of hydrogen-bond donors (Lipinski definition) is 2. The number of nitrogens with one attached hydrogen (secondary N) is 2. The molecule has 5 heteroatoms. The first kappa shape index (κ1) is 14.0. The molecule has 0 saturated carbocycles. The fourth-order valence-corrected chi connectivity index (χ4v) is 2.03. The number of likely N-dealkylation sites (tertiary alicyclic amines) is 1. The van der Waals surface area contributed by atoms with Crippen LogP contribution in [0.1, 0.15) is 26.7 Å². The van der Waals surface area contributed by atoms with E-state index in [2.05, 4.69) is 10.6 Å². The van der Waals surface area contributed by atoms with Crippen molar-refractivity contribution in [3.8, 4) is 0 Å². The second-order valence-corrected chi connectivity index (χ2v) is 4.83. The van der Waals surface area contributed by atoms with Gasteiger partial charge in [-0.3, -0.25) is 9.59 Å². The van der Waals surface area contributed by atoms with Crippen molar-refractivity contribution in [2.24, 2.45) is 5.92 Å². The third-order valence-electron chi connectivity index (χ3n) is 3.05. The molecule has 0 aromatic rings. The summed E-state index contributed by atoms with van der Waals surface area (Å²) >= 11 is 0. The lowest BCUT2D eigenvalue weighted by atomic mass is 9.97. The summed E-state index contributed by atoms with van der Waals surface area (Å²) in [5, 5.41) is 5.76. The smallest absolute Gasteiger partial charge is 0.236 e. The minimum absolute atomic E-state index is 0.0410. The van der Waals surface area contributed by atoms with Crippen LogP contribution in [0.4, 0.5) is 0 Å². The van der Waals surface area contributed by atoms with Gasteiger partial charge in [0, 0.05) is 26.2 Å². The molecular formula is C12H23N3O2. The average Bonchev–Trinajstić information content (AvgIpc) is 2.35. The molecule has 0 aromatic heterocycles. The van der Waals surface area contributed by atoms with Crippen LogP contribution in [0.3, 0.4) is 0 Å². The number of piperidine rings is 1. The normalized spacial score (nSPS) is 20.5. The fraction of sp³-hybridized carbons (Fsp3) is 0.833. The summed E-state index contributed by atoms with van der Waals surface area (Å²) < 4.78 is 0. The van der Waals surface area contributed by atoms with Crippen molar-refractivity contribution in [3.63, 3.8) is 0 Å². The number of hydrogen-bond acceptors (Lipinski definition) is 3. The SMILES string of the molecule is CNC(=O)C1CCCN(C(=O)CNC(C)C)C1. The van der Waals surface area contributed by atoms with Crippen LogP contribution < -0.4 is 10.6 Å². The lowest BCUT2D eigenvalue weighted by molar-refractivity contribution is -0.134. The molecule has 0 aromatic carbocycles. The number of carbonyl (C=O) groups excluding carboxylic acids is 2. The summed E-state index contributed by atoms with van der Waals surface area (Å²) in [5.74, 6) is 0.0865. The van der Waals surface area contributed by atoms with Gasteiger partial charge in [0.2, 0.25) is 11.8 Å². The number of rotatable bonds is 4. The Morgan fingerprint density at radius 3 is 2.71 bits per heavy atom. The average molecular weight is 241 g/mol. The number of carbonyl (C=O) groups is 2. The van der Waals surface area contributed by atoms with Gasteiger partial charge in [0.15, 0.2) is 0 Å². The standard InChI is InChI=1S/C12H23N3O2/c1-9(2)14-7-11(16)15-6-4-5-10(8-15)12(17)13-3/h9-10,14H,4-8H2,1-3H3,(H,13,17). The van der Waals surface area contributed by atoms with E-state index in [4.69, 9.17) is 0 Å². The largest absolute Gasteiger partial charge is 0.359 e. The van der Waals surface area contributed by atoms with E-state index in [0.717, 1.165) is 19.4 Å². The van der Waals surface area contributed by atoms with Crippen LogP contribution in [0.5, 0.6) is 0 Å². The van der Waals surface area contributed by atoms with Crippen LogP contribution in [0.25, 0.3) is 0 Å². The van der Waals surface area contributed by atoms with Gasteiger partial charge < -0.3 is 15.5 Å². The van der Waals surface area contributed by atoms with E-state index < -0.39 is 0 Å². The van der Waals surface area contributed by atoms with E-state index in [9.17, 15) is 9.59 Å². The van der Waals surface area contributed by atoms with Gasteiger partial charge in [-0.2, -0.15) is 0 Å². The van der Waals surface area contributed by atoms with E-state index in [0.29, 0.717) is 19.1 Å². The van der Waals surface area contributed by atoms with Crippen LogP contribution in [-0.4, -0.2) is 49.4 Å². The molecule has 1 aliphatic heterocycles. The summed E-state index contributed by atoms with van der Waals surface area (Å²) in [7, 11) is 1.64. The first-order valence-electron chi connectivity index (χ1n) is 6.27. The van der Waals surface area contributed by atoms with E-state index in [1.807, 2.05) is 13.8 Å². The van der Waals surface area contributed by atoms with E-state index in [1.54, 1.807) is 11.9 Å². The van der Waals surface area contributed by atoms with Crippen molar-refractivity contribution in [1.29, 1.82) is 0 Å². The van der Waals surface area contributed by atoms with Crippen LogP contribution in [0.2, 0.25) is 0 Å². The Morgan fingerprint density at radius 2 is 2.12 bits per heavy atom. The van der Waals surface area contributed by atoms with Crippen molar-refractivity contribution in [1.82, 2.24) is 15.5 Å². The molecule has 1 atom stereocenters. The highest BCUT2D eigenvalue weighted by atomic mass is 16.2. The van der Waals surface area contributed by atoms with Gasteiger partial charge in [-0.1, -0.05) is 13.8 Å². The molecule has 1 aliphatic rings. The van der Waals surface area contributed by atoms with Gasteiger partial charge in [-0.05, 0) is 12.8 Å². The molecule has 98 valence electrons. The van der Waals surface area contributed by atoms with Crippen LogP contribution in [-0.2, 0) is 9.59 Å². The minimum atomic E-state index is -0.0447. The molecule has 1 saturated heterocycles. The van der Waals surface area contributed by atoms with Gasteiger partial charge in [0.25, 0.3) is 0 Å². The Hall–Kier alpha value is -1.10. The summed E-state index contributed by atoms with van der Waals surface area (Å²) in [6.07, 6.45) is 1.78. The van der Waals surface area contributed by atoms with Crippen molar-refractivity contribution in [3.05, 3.63) is 0 Å². The predicted octanol–water partition coefficient (Wildman–Crippen LogP) is -0.0310. The molecule has 0 spiro atoms. The third kappa shape index (κ3) is 4.34. The molecule has 1 heterocycles. The highest BCUT2D eigenvalue weighted by Crippen LogP contribution is 2.16. The monoisotopic (exact) mass is 241 g/mol. The quantitative estimate of drug-likeness (QED) is 0.726. The summed E-state index contributed by atoms with van der Waals surface area (Å²) in [6, 6.07) is 0.304. The van der Waals surface area contributed by atoms with Crippen molar-refractivity contribution in [2.45, 2.75) is 32.7 Å². The Balaban J connectivity index is 2.43. The highest BCUT2D eigenvalue weighted by Gasteiger charge is 2.27. The van der Waals surface area contributed by atoms with E-state index >= 15 is 0 Å². The number of nitrogens with zero attached hydrogens (tertiary/aromatic N) is 1. The second kappa shape index (κ2) is 6.59. The zero-order valence-corrected chi connectivity index (χ0v) is 11.0. The maximum absolute atomic E-state index is 11.9. The van der Waals surface area contributed by atoms with Crippen molar-refractivity contribution in [2.75, 3.05) is 26.7 Å². The van der Waals surface area contributed by atoms with E-state index in [1.165, 1.54) is 0 Å². The molecule has 17 heavy (non-hydrogen) atoms. The van der Waals surface area contributed by atoms with Crippen molar-refractivity contribution < 1.29 is 9.59 Å². The molecule has 2 amide bonds. The third-order valence-corrected chi connectivity index (χ3v) is 3.05. The molecule has 1 unspecified atom stereocenters. The predicted molar refractivity (Wildman–Crippen MR) is 66.5 cm³/mol. The Morgan fingerprint density at radius 1 is 1.41 bits per heavy atom.